The predicted octanol–water partition coefficient (Wildman–Crippen LogP) is 1.37. The molecule has 1 aliphatic rings. The molecule has 1 saturated heterocycles. The highest BCUT2D eigenvalue weighted by Crippen LogP contribution is 2.32. The second-order valence-corrected chi connectivity index (χ2v) is 3.72. The molecule has 1 fully saturated rings. The van der Waals surface area contributed by atoms with Crippen LogP contribution in [0.1, 0.15) is 13.3 Å². The van der Waals surface area contributed by atoms with E-state index in [9.17, 15) is 0 Å². The van der Waals surface area contributed by atoms with E-state index in [4.69, 9.17) is 5.11 Å². The molecule has 2 heteroatoms. The van der Waals surface area contributed by atoms with Crippen molar-refractivity contribution in [1.29, 1.82) is 0 Å². The average molecular weight is 146 g/mol. The lowest BCUT2D eigenvalue weighted by atomic mass is 9.93. The van der Waals surface area contributed by atoms with E-state index in [2.05, 4.69) is 6.92 Å². The molecular formula is C7H14OS. The van der Waals surface area contributed by atoms with Gasteiger partial charge in [0, 0.05) is 6.61 Å². The van der Waals surface area contributed by atoms with Gasteiger partial charge in [0.25, 0.3) is 0 Å². The fraction of sp³-hybridized carbons (Fsp3) is 1.00. The van der Waals surface area contributed by atoms with Crippen LogP contribution in [0, 0.1) is 11.8 Å². The van der Waals surface area contributed by atoms with Crippen molar-refractivity contribution in [2.45, 2.75) is 13.3 Å². The van der Waals surface area contributed by atoms with Gasteiger partial charge in [-0.3, -0.25) is 0 Å². The number of hydrogen-bond acceptors (Lipinski definition) is 2. The summed E-state index contributed by atoms with van der Waals surface area (Å²) in [4.78, 5) is 0. The Balaban J connectivity index is 2.19. The highest BCUT2D eigenvalue weighted by molar-refractivity contribution is 8.00. The van der Waals surface area contributed by atoms with Crippen LogP contribution in [0.3, 0.4) is 0 Å². The van der Waals surface area contributed by atoms with E-state index >= 15 is 0 Å². The molecular weight excluding hydrogens is 132 g/mol. The fourth-order valence-electron chi connectivity index (χ4n) is 1.14. The summed E-state index contributed by atoms with van der Waals surface area (Å²) >= 11 is 1.99. The van der Waals surface area contributed by atoms with Gasteiger partial charge >= 0.3 is 0 Å². The quantitative estimate of drug-likeness (QED) is 0.649. The van der Waals surface area contributed by atoms with Crippen molar-refractivity contribution in [2.24, 2.45) is 11.8 Å². The molecule has 0 spiro atoms. The summed E-state index contributed by atoms with van der Waals surface area (Å²) < 4.78 is 0. The zero-order chi connectivity index (χ0) is 6.69. The number of thioether (sulfide) groups is 1. The van der Waals surface area contributed by atoms with E-state index in [1.165, 1.54) is 11.5 Å². The van der Waals surface area contributed by atoms with Crippen LogP contribution >= 0.6 is 11.8 Å². The molecule has 1 atom stereocenters. The average Bonchev–Trinajstić information content (AvgIpc) is 1.78. The molecule has 1 aliphatic heterocycles. The molecule has 1 nitrogen and oxygen atoms in total. The molecule has 1 rings (SSSR count). The number of rotatable bonds is 3. The van der Waals surface area contributed by atoms with Crippen molar-refractivity contribution in [3.63, 3.8) is 0 Å². The Morgan fingerprint density at radius 1 is 1.67 bits per heavy atom. The van der Waals surface area contributed by atoms with Gasteiger partial charge in [-0.1, -0.05) is 13.3 Å². The molecule has 1 unspecified atom stereocenters. The van der Waals surface area contributed by atoms with Crippen LogP contribution in [-0.4, -0.2) is 23.2 Å². The topological polar surface area (TPSA) is 20.2 Å². The van der Waals surface area contributed by atoms with Gasteiger partial charge in [0.1, 0.15) is 0 Å². The number of aliphatic hydroxyl groups excluding tert-OH is 1. The third-order valence-corrected chi connectivity index (χ3v) is 3.42. The molecule has 0 aliphatic carbocycles. The Kier molecular flexibility index (Phi) is 2.86. The van der Waals surface area contributed by atoms with Gasteiger partial charge in [-0.25, -0.2) is 0 Å². The first kappa shape index (κ1) is 7.42. The maximum atomic E-state index is 8.85. The smallest absolute Gasteiger partial charge is 0.0462 e. The molecule has 0 aromatic rings. The fourth-order valence-corrected chi connectivity index (χ4v) is 2.19. The summed E-state index contributed by atoms with van der Waals surface area (Å²) in [6.45, 7) is 2.55. The first-order valence-corrected chi connectivity index (χ1v) is 4.72. The maximum absolute atomic E-state index is 8.85. The highest BCUT2D eigenvalue weighted by Gasteiger charge is 2.25. The van der Waals surface area contributed by atoms with Crippen molar-refractivity contribution < 1.29 is 5.11 Å². The van der Waals surface area contributed by atoms with Crippen LogP contribution < -0.4 is 0 Å². The SMILES string of the molecule is CCC(CO)C1CSC1. The van der Waals surface area contributed by atoms with Crippen LogP contribution in [0.25, 0.3) is 0 Å². The third kappa shape index (κ3) is 1.62. The maximum Gasteiger partial charge on any atom is 0.0462 e. The third-order valence-electron chi connectivity index (χ3n) is 2.09. The van der Waals surface area contributed by atoms with Crippen molar-refractivity contribution >= 4 is 11.8 Å². The minimum atomic E-state index is 0.391. The van der Waals surface area contributed by atoms with Crippen molar-refractivity contribution in [1.82, 2.24) is 0 Å². The lowest BCUT2D eigenvalue weighted by Crippen LogP contribution is -2.29. The summed E-state index contributed by atoms with van der Waals surface area (Å²) in [5, 5.41) is 8.85. The highest BCUT2D eigenvalue weighted by atomic mass is 32.2. The zero-order valence-electron chi connectivity index (χ0n) is 5.84. The molecule has 0 aromatic heterocycles. The minimum absolute atomic E-state index is 0.391. The summed E-state index contributed by atoms with van der Waals surface area (Å²) in [5.74, 6) is 3.97. The van der Waals surface area contributed by atoms with E-state index in [0.29, 0.717) is 12.5 Å². The van der Waals surface area contributed by atoms with Crippen LogP contribution in [0.4, 0.5) is 0 Å². The zero-order valence-corrected chi connectivity index (χ0v) is 6.66. The van der Waals surface area contributed by atoms with Crippen LogP contribution in [0.2, 0.25) is 0 Å². The number of hydrogen-bond donors (Lipinski definition) is 1. The van der Waals surface area contributed by atoms with Crippen molar-refractivity contribution in [2.75, 3.05) is 18.1 Å². The van der Waals surface area contributed by atoms with E-state index in [1.807, 2.05) is 11.8 Å². The predicted molar refractivity (Wildman–Crippen MR) is 41.7 cm³/mol. The molecule has 1 heterocycles. The minimum Gasteiger partial charge on any atom is -0.396 e. The Bertz CT molecular complexity index is 77.0. The Morgan fingerprint density at radius 2 is 2.33 bits per heavy atom. The molecule has 0 aromatic carbocycles. The van der Waals surface area contributed by atoms with E-state index in [0.717, 1.165) is 12.3 Å². The molecule has 1 N–H and O–H groups in total. The van der Waals surface area contributed by atoms with Gasteiger partial charge in [-0.15, -0.1) is 0 Å². The van der Waals surface area contributed by atoms with Crippen LogP contribution in [0.5, 0.6) is 0 Å². The van der Waals surface area contributed by atoms with E-state index < -0.39 is 0 Å². The summed E-state index contributed by atoms with van der Waals surface area (Å²) in [6.07, 6.45) is 1.14. The monoisotopic (exact) mass is 146 g/mol. The largest absolute Gasteiger partial charge is 0.396 e. The molecule has 0 radical (unpaired) electrons. The Hall–Kier alpha value is 0.310. The van der Waals surface area contributed by atoms with Gasteiger partial charge in [0.2, 0.25) is 0 Å². The van der Waals surface area contributed by atoms with Crippen LogP contribution in [-0.2, 0) is 0 Å². The normalized spacial score (nSPS) is 23.3. The van der Waals surface area contributed by atoms with Crippen LogP contribution in [0.15, 0.2) is 0 Å². The van der Waals surface area contributed by atoms with Crippen molar-refractivity contribution in [3.05, 3.63) is 0 Å². The molecule has 0 amide bonds. The lowest BCUT2D eigenvalue weighted by molar-refractivity contribution is 0.185. The lowest BCUT2D eigenvalue weighted by Gasteiger charge is -2.31. The summed E-state index contributed by atoms with van der Waals surface area (Å²) in [5.41, 5.74) is 0. The first-order valence-electron chi connectivity index (χ1n) is 3.57. The van der Waals surface area contributed by atoms with Gasteiger partial charge in [0.15, 0.2) is 0 Å². The van der Waals surface area contributed by atoms with Gasteiger partial charge in [0.05, 0.1) is 0 Å². The van der Waals surface area contributed by atoms with Gasteiger partial charge in [-0.05, 0) is 23.3 Å². The summed E-state index contributed by atoms with van der Waals surface area (Å²) in [7, 11) is 0. The Morgan fingerprint density at radius 3 is 2.44 bits per heavy atom. The molecule has 54 valence electrons. The molecule has 9 heavy (non-hydrogen) atoms. The number of aliphatic hydroxyl groups is 1. The molecule has 0 bridgehead atoms. The standard InChI is InChI=1S/C7H14OS/c1-2-6(3-8)7-4-9-5-7/h6-8H,2-5H2,1H3. The Labute approximate surface area is 60.8 Å². The second-order valence-electron chi connectivity index (χ2n) is 2.65. The van der Waals surface area contributed by atoms with Gasteiger partial charge in [-0.2, -0.15) is 11.8 Å². The molecule has 0 saturated carbocycles. The van der Waals surface area contributed by atoms with E-state index in [1.54, 1.807) is 0 Å². The van der Waals surface area contributed by atoms with Crippen molar-refractivity contribution in [3.8, 4) is 0 Å². The van der Waals surface area contributed by atoms with E-state index in [-0.39, 0.29) is 0 Å². The second kappa shape index (κ2) is 3.47. The summed E-state index contributed by atoms with van der Waals surface area (Å²) in [6, 6.07) is 0. The first-order chi connectivity index (χ1) is 4.38. The van der Waals surface area contributed by atoms with Gasteiger partial charge < -0.3 is 5.11 Å².